The third-order valence-corrected chi connectivity index (χ3v) is 5.86. The smallest absolute Gasteiger partial charge is 0.337 e. The van der Waals surface area contributed by atoms with Gasteiger partial charge in [0.15, 0.2) is 5.11 Å². The molecule has 35 heavy (non-hydrogen) atoms. The molecular weight excluding hydrogens is 529 g/mol. The summed E-state index contributed by atoms with van der Waals surface area (Å²) < 4.78 is 2.76. The molecule has 0 saturated heterocycles. The zero-order valence-electron chi connectivity index (χ0n) is 18.5. The number of ether oxygens (including phenoxy) is 1. The van der Waals surface area contributed by atoms with Gasteiger partial charge >= 0.3 is 5.97 Å². The Kier molecular flexibility index (Phi) is 9.34. The highest BCUT2D eigenvalue weighted by atomic mass is 35.6. The van der Waals surface area contributed by atoms with Crippen LogP contribution in [0.5, 0.6) is 0 Å². The number of alkyl halides is 3. The van der Waals surface area contributed by atoms with Crippen molar-refractivity contribution in [3.63, 3.8) is 0 Å². The number of carbonyl (C=O) groups is 2. The average Bonchev–Trinajstić information content (AvgIpc) is 2.84. The van der Waals surface area contributed by atoms with Crippen molar-refractivity contribution in [2.75, 3.05) is 12.4 Å². The zero-order valence-corrected chi connectivity index (χ0v) is 21.6. The van der Waals surface area contributed by atoms with Gasteiger partial charge in [-0.2, -0.15) is 0 Å². The molecule has 0 aliphatic carbocycles. The molecule has 3 N–H and O–H groups in total. The third-order valence-electron chi connectivity index (χ3n) is 4.98. The third kappa shape index (κ3) is 7.57. The molecule has 0 heterocycles. The van der Waals surface area contributed by atoms with E-state index >= 15 is 0 Å². The van der Waals surface area contributed by atoms with Gasteiger partial charge in [-0.25, -0.2) is 4.79 Å². The Morgan fingerprint density at radius 1 is 0.829 bits per heavy atom. The van der Waals surface area contributed by atoms with Crippen LogP contribution >= 0.6 is 47.0 Å². The molecule has 10 heteroatoms. The summed E-state index contributed by atoms with van der Waals surface area (Å²) in [5, 5.41) is 8.65. The quantitative estimate of drug-likeness (QED) is 0.158. The number of anilines is 1. The van der Waals surface area contributed by atoms with Crippen LogP contribution in [-0.2, 0) is 9.53 Å². The first-order chi connectivity index (χ1) is 16.7. The summed E-state index contributed by atoms with van der Waals surface area (Å²) >= 11 is 23.9. The number of amides is 1. The van der Waals surface area contributed by atoms with Gasteiger partial charge in [-0.3, -0.25) is 4.79 Å². The van der Waals surface area contributed by atoms with Gasteiger partial charge in [-0.05, 0) is 47.6 Å². The fraction of sp³-hybridized carbons (Fsp3) is 0.160. The van der Waals surface area contributed by atoms with E-state index in [-0.39, 0.29) is 11.0 Å². The van der Waals surface area contributed by atoms with E-state index in [0.717, 1.165) is 11.1 Å². The maximum absolute atomic E-state index is 13.4. The highest BCUT2D eigenvalue weighted by Gasteiger charge is 2.36. The van der Waals surface area contributed by atoms with E-state index in [1.807, 2.05) is 60.7 Å². The second-order valence-corrected chi connectivity index (χ2v) is 10.2. The van der Waals surface area contributed by atoms with Crippen LogP contribution in [0, 0.1) is 0 Å². The zero-order chi connectivity index (χ0) is 25.4. The molecule has 182 valence electrons. The molecule has 0 radical (unpaired) electrons. The van der Waals surface area contributed by atoms with Crippen molar-refractivity contribution in [2.45, 2.75) is 15.9 Å². The van der Waals surface area contributed by atoms with E-state index in [9.17, 15) is 9.59 Å². The van der Waals surface area contributed by atoms with E-state index in [2.05, 4.69) is 20.7 Å². The van der Waals surface area contributed by atoms with Gasteiger partial charge in [0.1, 0.15) is 6.17 Å². The van der Waals surface area contributed by atoms with Crippen molar-refractivity contribution in [2.24, 2.45) is 0 Å². The average molecular weight is 551 g/mol. The van der Waals surface area contributed by atoms with Gasteiger partial charge in [0.2, 0.25) is 9.70 Å². The lowest BCUT2D eigenvalue weighted by atomic mass is 9.90. The molecule has 0 aliphatic rings. The summed E-state index contributed by atoms with van der Waals surface area (Å²) in [5.74, 6) is -1.47. The minimum Gasteiger partial charge on any atom is -0.465 e. The van der Waals surface area contributed by atoms with Crippen molar-refractivity contribution in [3.05, 3.63) is 102 Å². The fourth-order valence-electron chi connectivity index (χ4n) is 3.32. The number of benzene rings is 3. The molecule has 3 aromatic rings. The van der Waals surface area contributed by atoms with Crippen LogP contribution in [0.3, 0.4) is 0 Å². The van der Waals surface area contributed by atoms with Crippen molar-refractivity contribution >= 4 is 69.7 Å². The first kappa shape index (κ1) is 26.8. The highest BCUT2D eigenvalue weighted by Crippen LogP contribution is 2.31. The number of carbonyl (C=O) groups excluding carboxylic acids is 2. The molecule has 0 aliphatic heterocycles. The molecule has 1 amide bonds. The number of rotatable bonds is 7. The predicted molar refractivity (Wildman–Crippen MR) is 144 cm³/mol. The number of nitrogens with one attached hydrogen (secondary N) is 3. The standard InChI is InChI=1S/C25H22Cl3N3O3S/c1-34-22(33)18-12-14-19(15-13-18)29-24(35)31-23(25(26,27)28)30-21(32)20(16-8-4-2-5-9-16)17-10-6-3-7-11-17/h2-15,20,23H,1H3,(H,30,32)(H2,29,31,35)/t23-/m1/s1. The summed E-state index contributed by atoms with van der Waals surface area (Å²) in [4.78, 5) is 25.0. The normalized spacial score (nSPS) is 11.9. The molecule has 3 aromatic carbocycles. The number of hydrogen-bond acceptors (Lipinski definition) is 4. The summed E-state index contributed by atoms with van der Waals surface area (Å²) in [7, 11) is 1.30. The van der Waals surface area contributed by atoms with Crippen molar-refractivity contribution < 1.29 is 14.3 Å². The van der Waals surface area contributed by atoms with Gasteiger partial charge in [0.25, 0.3) is 0 Å². The first-order valence-corrected chi connectivity index (χ1v) is 12.0. The molecular formula is C25H22Cl3N3O3S. The maximum atomic E-state index is 13.4. The van der Waals surface area contributed by atoms with Crippen LogP contribution in [0.2, 0.25) is 0 Å². The van der Waals surface area contributed by atoms with Crippen molar-refractivity contribution in [1.82, 2.24) is 10.6 Å². The second-order valence-electron chi connectivity index (χ2n) is 7.40. The van der Waals surface area contributed by atoms with Gasteiger partial charge in [-0.1, -0.05) is 95.5 Å². The SMILES string of the molecule is COC(=O)c1ccc(NC(=S)N[C@@H](NC(=O)C(c2ccccc2)c2ccccc2)C(Cl)(Cl)Cl)cc1. The van der Waals surface area contributed by atoms with Crippen LogP contribution in [0.15, 0.2) is 84.9 Å². The van der Waals surface area contributed by atoms with E-state index in [1.165, 1.54) is 7.11 Å². The minimum absolute atomic E-state index is 0.100. The second kappa shape index (κ2) is 12.2. The van der Waals surface area contributed by atoms with Gasteiger partial charge < -0.3 is 20.7 Å². The molecule has 3 rings (SSSR count). The van der Waals surface area contributed by atoms with Crippen LogP contribution < -0.4 is 16.0 Å². The molecule has 0 saturated carbocycles. The van der Waals surface area contributed by atoms with Crippen molar-refractivity contribution in [3.8, 4) is 0 Å². The molecule has 0 unspecified atom stereocenters. The maximum Gasteiger partial charge on any atom is 0.337 e. The van der Waals surface area contributed by atoms with E-state index in [0.29, 0.717) is 11.3 Å². The number of esters is 1. The summed E-state index contributed by atoms with van der Waals surface area (Å²) in [5.41, 5.74) is 2.53. The Hall–Kier alpha value is -2.84. The number of halogens is 3. The van der Waals surface area contributed by atoms with Gasteiger partial charge in [0, 0.05) is 5.69 Å². The van der Waals surface area contributed by atoms with Gasteiger partial charge in [-0.15, -0.1) is 0 Å². The summed E-state index contributed by atoms with van der Waals surface area (Å²) in [6.45, 7) is 0. The highest BCUT2D eigenvalue weighted by molar-refractivity contribution is 7.80. The van der Waals surface area contributed by atoms with Crippen LogP contribution in [0.4, 0.5) is 5.69 Å². The van der Waals surface area contributed by atoms with Crippen LogP contribution in [0.25, 0.3) is 0 Å². The number of hydrogen-bond donors (Lipinski definition) is 3. The molecule has 0 fully saturated rings. The summed E-state index contributed by atoms with van der Waals surface area (Å²) in [6.07, 6.45) is -1.15. The Morgan fingerprint density at radius 2 is 1.34 bits per heavy atom. The van der Waals surface area contributed by atoms with E-state index in [1.54, 1.807) is 24.3 Å². The first-order valence-electron chi connectivity index (χ1n) is 10.4. The lowest BCUT2D eigenvalue weighted by Crippen LogP contribution is -2.57. The summed E-state index contributed by atoms with van der Waals surface area (Å²) in [6, 6.07) is 25.0. The largest absolute Gasteiger partial charge is 0.465 e. The Balaban J connectivity index is 1.76. The Bertz CT molecular complexity index is 1120. The lowest BCUT2D eigenvalue weighted by molar-refractivity contribution is -0.122. The molecule has 0 aromatic heterocycles. The van der Waals surface area contributed by atoms with E-state index in [4.69, 9.17) is 47.0 Å². The predicted octanol–water partition coefficient (Wildman–Crippen LogP) is 5.40. The van der Waals surface area contributed by atoms with Crippen molar-refractivity contribution in [1.29, 1.82) is 0 Å². The number of methoxy groups -OCH3 is 1. The Morgan fingerprint density at radius 3 is 1.80 bits per heavy atom. The molecule has 6 nitrogen and oxygen atoms in total. The number of thiocarbonyl (C=S) groups is 1. The molecule has 0 spiro atoms. The van der Waals surface area contributed by atoms with Crippen LogP contribution in [-0.4, -0.2) is 34.1 Å². The van der Waals surface area contributed by atoms with E-state index < -0.39 is 21.8 Å². The molecule has 1 atom stereocenters. The minimum atomic E-state index is -1.92. The Labute approximate surface area is 223 Å². The monoisotopic (exact) mass is 549 g/mol. The topological polar surface area (TPSA) is 79.5 Å². The van der Waals surface area contributed by atoms with Gasteiger partial charge in [0.05, 0.1) is 18.6 Å². The lowest BCUT2D eigenvalue weighted by Gasteiger charge is -2.29. The fourth-order valence-corrected chi connectivity index (χ4v) is 3.88. The molecule has 0 bridgehead atoms. The van der Waals surface area contributed by atoms with Crippen LogP contribution in [0.1, 0.15) is 27.4 Å².